The van der Waals surface area contributed by atoms with Crippen LogP contribution < -0.4 is 5.32 Å². The van der Waals surface area contributed by atoms with Crippen LogP contribution in [0, 0.1) is 24.0 Å². The molecule has 1 N–H and O–H groups in total. The number of nitrogens with one attached hydrogen (secondary N) is 1. The van der Waals surface area contributed by atoms with E-state index in [1.54, 1.807) is 12.1 Å². The molecule has 0 heterocycles. The van der Waals surface area contributed by atoms with Crippen molar-refractivity contribution in [3.63, 3.8) is 0 Å². The van der Waals surface area contributed by atoms with Gasteiger partial charge in [0.15, 0.2) is 0 Å². The number of hydrogen-bond donors (Lipinski definition) is 1. The van der Waals surface area contributed by atoms with Gasteiger partial charge in [-0.25, -0.2) is 0 Å². The Balaban J connectivity index is 2.37. The monoisotopic (exact) mass is 320 g/mol. The van der Waals surface area contributed by atoms with Crippen LogP contribution in [0.15, 0.2) is 40.9 Å². The second-order valence-corrected chi connectivity index (χ2v) is 5.26. The summed E-state index contributed by atoms with van der Waals surface area (Å²) in [6.07, 6.45) is 0. The second-order valence-electron chi connectivity index (χ2n) is 4.34. The normalized spacial score (nSPS) is 10.3. The lowest BCUT2D eigenvalue weighted by atomic mass is 10.1. The molecule has 2 aromatic carbocycles. The minimum absolute atomic E-state index is 0.0487. The summed E-state index contributed by atoms with van der Waals surface area (Å²) in [5, 5.41) is 14.1. The maximum atomic E-state index is 11.0. The lowest BCUT2D eigenvalue weighted by Crippen LogP contribution is -1.97. The zero-order chi connectivity index (χ0) is 14.0. The van der Waals surface area contributed by atoms with Crippen LogP contribution in [0.3, 0.4) is 0 Å². The highest BCUT2D eigenvalue weighted by molar-refractivity contribution is 9.10. The summed E-state index contributed by atoms with van der Waals surface area (Å²) < 4.78 is 0.685. The van der Waals surface area contributed by atoms with Gasteiger partial charge in [-0.3, -0.25) is 10.1 Å². The van der Waals surface area contributed by atoms with E-state index in [0.29, 0.717) is 10.2 Å². The zero-order valence-electron chi connectivity index (χ0n) is 10.6. The number of halogens is 1. The van der Waals surface area contributed by atoms with Crippen LogP contribution in [0.2, 0.25) is 0 Å². The van der Waals surface area contributed by atoms with Crippen LogP contribution in [0.25, 0.3) is 0 Å². The van der Waals surface area contributed by atoms with Gasteiger partial charge in [0.25, 0.3) is 5.69 Å². The molecule has 0 fully saturated rings. The number of aryl methyl sites for hydroxylation is 2. The van der Waals surface area contributed by atoms with E-state index < -0.39 is 4.92 Å². The fraction of sp³-hybridized carbons (Fsp3) is 0.143. The number of hydrogen-bond acceptors (Lipinski definition) is 3. The van der Waals surface area contributed by atoms with Crippen LogP contribution in [0.5, 0.6) is 0 Å². The maximum absolute atomic E-state index is 11.0. The first kappa shape index (κ1) is 13.5. The molecule has 0 aromatic heterocycles. The Morgan fingerprint density at radius 1 is 1.11 bits per heavy atom. The van der Waals surface area contributed by atoms with Gasteiger partial charge in [0.2, 0.25) is 0 Å². The van der Waals surface area contributed by atoms with Gasteiger partial charge in [-0.15, -0.1) is 0 Å². The van der Waals surface area contributed by atoms with Crippen molar-refractivity contribution in [3.8, 4) is 0 Å². The van der Waals surface area contributed by atoms with Crippen molar-refractivity contribution in [2.75, 3.05) is 5.32 Å². The van der Waals surface area contributed by atoms with Crippen molar-refractivity contribution < 1.29 is 4.92 Å². The van der Waals surface area contributed by atoms with Crippen LogP contribution >= 0.6 is 15.9 Å². The molecule has 4 nitrogen and oxygen atoms in total. The van der Waals surface area contributed by atoms with Crippen molar-refractivity contribution >= 4 is 33.0 Å². The molecule has 0 saturated heterocycles. The molecule has 0 aliphatic rings. The van der Waals surface area contributed by atoms with Crippen molar-refractivity contribution in [2.24, 2.45) is 0 Å². The number of anilines is 2. The Morgan fingerprint density at radius 3 is 2.47 bits per heavy atom. The Hall–Kier alpha value is -1.88. The molecule has 0 aliphatic carbocycles. The van der Waals surface area contributed by atoms with E-state index in [9.17, 15) is 10.1 Å². The largest absolute Gasteiger partial charge is 0.350 e. The fourth-order valence-corrected chi connectivity index (χ4v) is 2.09. The lowest BCUT2D eigenvalue weighted by molar-refractivity contribution is -0.384. The Morgan fingerprint density at radius 2 is 1.84 bits per heavy atom. The van der Waals surface area contributed by atoms with E-state index in [4.69, 9.17) is 0 Å². The highest BCUT2D eigenvalue weighted by atomic mass is 79.9. The maximum Gasteiger partial charge on any atom is 0.293 e. The van der Waals surface area contributed by atoms with Crippen molar-refractivity contribution in [2.45, 2.75) is 13.8 Å². The summed E-state index contributed by atoms with van der Waals surface area (Å²) in [5.74, 6) is 0. The van der Waals surface area contributed by atoms with Crippen LogP contribution in [0.1, 0.15) is 11.1 Å². The second kappa shape index (κ2) is 5.40. The van der Waals surface area contributed by atoms with Crippen molar-refractivity contribution in [1.29, 1.82) is 0 Å². The molecule has 0 unspecified atom stereocenters. The molecule has 0 amide bonds. The molecule has 0 aliphatic heterocycles. The van der Waals surface area contributed by atoms with E-state index in [0.717, 1.165) is 11.3 Å². The van der Waals surface area contributed by atoms with E-state index in [2.05, 4.69) is 21.2 Å². The molecule has 2 aromatic rings. The molecule has 0 saturated carbocycles. The van der Waals surface area contributed by atoms with Crippen molar-refractivity contribution in [3.05, 3.63) is 62.1 Å². The zero-order valence-corrected chi connectivity index (χ0v) is 12.2. The molecule has 19 heavy (non-hydrogen) atoms. The number of nitro benzene ring substituents is 1. The standard InChI is InChI=1S/C14H13BrN2O2/c1-9-3-5-12(7-10(9)2)16-13-6-4-11(15)8-14(13)17(18)19/h3-8,16H,1-2H3. The Bertz CT molecular complexity index is 641. The summed E-state index contributed by atoms with van der Waals surface area (Å²) in [6, 6.07) is 10.8. The lowest BCUT2D eigenvalue weighted by Gasteiger charge is -2.09. The highest BCUT2D eigenvalue weighted by Gasteiger charge is 2.14. The van der Waals surface area contributed by atoms with Gasteiger partial charge in [-0.1, -0.05) is 22.0 Å². The summed E-state index contributed by atoms with van der Waals surface area (Å²) in [7, 11) is 0. The van der Waals surface area contributed by atoms with Gasteiger partial charge in [-0.05, 0) is 49.2 Å². The van der Waals surface area contributed by atoms with Gasteiger partial charge in [0.1, 0.15) is 5.69 Å². The SMILES string of the molecule is Cc1ccc(Nc2ccc(Br)cc2[N+](=O)[O-])cc1C. The molecular formula is C14H13BrN2O2. The number of nitro groups is 1. The van der Waals surface area contributed by atoms with Crippen LogP contribution in [-0.4, -0.2) is 4.92 Å². The third kappa shape index (κ3) is 3.12. The molecule has 0 atom stereocenters. The molecular weight excluding hydrogens is 308 g/mol. The first-order valence-corrected chi connectivity index (χ1v) is 6.55. The number of nitrogens with zero attached hydrogens (tertiary/aromatic N) is 1. The molecule has 2 rings (SSSR count). The Labute approximate surface area is 119 Å². The van der Waals surface area contributed by atoms with Gasteiger partial charge < -0.3 is 5.32 Å². The average Bonchev–Trinajstić information content (AvgIpc) is 2.36. The number of rotatable bonds is 3. The van der Waals surface area contributed by atoms with Gasteiger partial charge in [0, 0.05) is 16.2 Å². The van der Waals surface area contributed by atoms with Gasteiger partial charge in [0.05, 0.1) is 4.92 Å². The molecule has 0 spiro atoms. The topological polar surface area (TPSA) is 55.2 Å². The van der Waals surface area contributed by atoms with Gasteiger partial charge in [-0.2, -0.15) is 0 Å². The first-order valence-electron chi connectivity index (χ1n) is 5.75. The average molecular weight is 321 g/mol. The summed E-state index contributed by atoms with van der Waals surface area (Å²) in [6.45, 7) is 4.04. The van der Waals surface area contributed by atoms with Crippen LogP contribution in [-0.2, 0) is 0 Å². The van der Waals surface area contributed by atoms with Gasteiger partial charge >= 0.3 is 0 Å². The third-order valence-corrected chi connectivity index (χ3v) is 3.44. The van der Waals surface area contributed by atoms with E-state index in [1.165, 1.54) is 11.6 Å². The molecule has 0 bridgehead atoms. The summed E-state index contributed by atoms with van der Waals surface area (Å²) in [5.41, 5.74) is 3.71. The molecule has 98 valence electrons. The summed E-state index contributed by atoms with van der Waals surface area (Å²) in [4.78, 5) is 10.6. The third-order valence-electron chi connectivity index (χ3n) is 2.94. The minimum Gasteiger partial charge on any atom is -0.350 e. The minimum atomic E-state index is -0.395. The fourth-order valence-electron chi connectivity index (χ4n) is 1.74. The molecule has 0 radical (unpaired) electrons. The highest BCUT2D eigenvalue weighted by Crippen LogP contribution is 2.30. The predicted molar refractivity (Wildman–Crippen MR) is 80.0 cm³/mol. The predicted octanol–water partition coefficient (Wildman–Crippen LogP) is 4.72. The smallest absolute Gasteiger partial charge is 0.293 e. The van der Waals surface area contributed by atoms with E-state index >= 15 is 0 Å². The van der Waals surface area contributed by atoms with E-state index in [1.807, 2.05) is 32.0 Å². The summed E-state index contributed by atoms with van der Waals surface area (Å²) >= 11 is 3.24. The number of benzene rings is 2. The molecule has 5 heteroatoms. The Kier molecular flexibility index (Phi) is 3.85. The first-order chi connectivity index (χ1) is 8.97. The quantitative estimate of drug-likeness (QED) is 0.657. The van der Waals surface area contributed by atoms with Crippen LogP contribution in [0.4, 0.5) is 17.1 Å². The van der Waals surface area contributed by atoms with Crippen molar-refractivity contribution in [1.82, 2.24) is 0 Å². The van der Waals surface area contributed by atoms with E-state index in [-0.39, 0.29) is 5.69 Å².